The Morgan fingerprint density at radius 2 is 1.88 bits per heavy atom. The highest BCUT2D eigenvalue weighted by molar-refractivity contribution is 5.95. The van der Waals surface area contributed by atoms with Crippen molar-refractivity contribution in [3.8, 4) is 5.75 Å². The number of aromatic amines is 1. The summed E-state index contributed by atoms with van der Waals surface area (Å²) in [4.78, 5) is 15.5. The van der Waals surface area contributed by atoms with Crippen molar-refractivity contribution >= 4 is 22.5 Å². The molecule has 130 valence electrons. The van der Waals surface area contributed by atoms with Gasteiger partial charge in [-0.3, -0.25) is 4.79 Å². The Bertz CT molecular complexity index is 821. The number of amides is 1. The van der Waals surface area contributed by atoms with Gasteiger partial charge in [0.15, 0.2) is 0 Å². The van der Waals surface area contributed by atoms with E-state index in [-0.39, 0.29) is 5.91 Å². The van der Waals surface area contributed by atoms with E-state index in [4.69, 9.17) is 4.74 Å². The van der Waals surface area contributed by atoms with Gasteiger partial charge in [0.25, 0.3) is 0 Å². The van der Waals surface area contributed by atoms with E-state index in [0.717, 1.165) is 40.9 Å². The number of H-pyrrole nitrogens is 1. The number of fused-ring (bicyclic) bond motifs is 1. The van der Waals surface area contributed by atoms with Crippen molar-refractivity contribution in [2.75, 3.05) is 11.9 Å². The molecule has 0 radical (unpaired) electrons. The van der Waals surface area contributed by atoms with Gasteiger partial charge in [0.05, 0.1) is 13.0 Å². The molecule has 0 aliphatic carbocycles. The lowest BCUT2D eigenvalue weighted by atomic mass is 10.1. The van der Waals surface area contributed by atoms with Crippen LogP contribution in [0.3, 0.4) is 0 Å². The lowest BCUT2D eigenvalue weighted by molar-refractivity contribution is -0.115. The van der Waals surface area contributed by atoms with E-state index < -0.39 is 0 Å². The predicted octanol–water partition coefficient (Wildman–Crippen LogP) is 4.92. The molecule has 1 aromatic heterocycles. The summed E-state index contributed by atoms with van der Waals surface area (Å²) in [6.45, 7) is 2.91. The largest absolute Gasteiger partial charge is 0.494 e. The molecule has 0 bridgehead atoms. The molecule has 2 N–H and O–H groups in total. The Morgan fingerprint density at radius 1 is 1.08 bits per heavy atom. The Morgan fingerprint density at radius 3 is 2.68 bits per heavy atom. The molecule has 0 aliphatic rings. The van der Waals surface area contributed by atoms with E-state index in [1.165, 1.54) is 12.8 Å². The summed E-state index contributed by atoms with van der Waals surface area (Å²) in [5.74, 6) is 0.812. The smallest absolute Gasteiger partial charge is 0.228 e. The van der Waals surface area contributed by atoms with Crippen LogP contribution in [0, 0.1) is 0 Å². The van der Waals surface area contributed by atoms with Crippen LogP contribution < -0.4 is 10.1 Å². The van der Waals surface area contributed by atoms with E-state index in [1.807, 2.05) is 54.7 Å². The molecule has 0 aliphatic heterocycles. The van der Waals surface area contributed by atoms with Gasteiger partial charge >= 0.3 is 0 Å². The first-order valence-electron chi connectivity index (χ1n) is 8.84. The zero-order valence-corrected chi connectivity index (χ0v) is 14.5. The van der Waals surface area contributed by atoms with Gasteiger partial charge in [0, 0.05) is 22.8 Å². The van der Waals surface area contributed by atoms with Gasteiger partial charge in [-0.1, -0.05) is 38.0 Å². The lowest BCUT2D eigenvalue weighted by Crippen LogP contribution is -2.14. The molecule has 3 rings (SSSR count). The van der Waals surface area contributed by atoms with Gasteiger partial charge in [-0.25, -0.2) is 0 Å². The summed E-state index contributed by atoms with van der Waals surface area (Å²) in [7, 11) is 0. The van der Waals surface area contributed by atoms with Gasteiger partial charge < -0.3 is 15.0 Å². The maximum absolute atomic E-state index is 12.3. The minimum absolute atomic E-state index is 0.0265. The monoisotopic (exact) mass is 336 g/mol. The number of benzene rings is 2. The number of carbonyl (C=O) groups is 1. The first-order valence-corrected chi connectivity index (χ1v) is 8.84. The first-order chi connectivity index (χ1) is 12.3. The second kappa shape index (κ2) is 8.38. The maximum atomic E-state index is 12.3. The van der Waals surface area contributed by atoms with E-state index in [1.54, 1.807) is 0 Å². The van der Waals surface area contributed by atoms with Crippen LogP contribution in [0.1, 0.15) is 31.7 Å². The number of unbranched alkanes of at least 4 members (excludes halogenated alkanes) is 2. The second-order valence-corrected chi connectivity index (χ2v) is 6.16. The first kappa shape index (κ1) is 17.1. The van der Waals surface area contributed by atoms with Crippen LogP contribution in [0.25, 0.3) is 10.9 Å². The molecule has 0 unspecified atom stereocenters. The van der Waals surface area contributed by atoms with Crippen LogP contribution in [0.2, 0.25) is 0 Å². The summed E-state index contributed by atoms with van der Waals surface area (Å²) in [5.41, 5.74) is 2.84. The fourth-order valence-corrected chi connectivity index (χ4v) is 2.83. The minimum atomic E-state index is -0.0265. The minimum Gasteiger partial charge on any atom is -0.494 e. The molecule has 0 saturated carbocycles. The van der Waals surface area contributed by atoms with Gasteiger partial charge in [-0.05, 0) is 42.3 Å². The van der Waals surface area contributed by atoms with Crippen molar-refractivity contribution < 1.29 is 9.53 Å². The molecule has 0 spiro atoms. The third-order valence-corrected chi connectivity index (χ3v) is 4.18. The quantitative estimate of drug-likeness (QED) is 0.574. The van der Waals surface area contributed by atoms with Crippen LogP contribution in [-0.4, -0.2) is 17.5 Å². The summed E-state index contributed by atoms with van der Waals surface area (Å²) in [5, 5.41) is 4.03. The molecular formula is C21H24N2O2. The van der Waals surface area contributed by atoms with Gasteiger partial charge in [-0.2, -0.15) is 0 Å². The number of anilines is 1. The average molecular weight is 336 g/mol. The van der Waals surface area contributed by atoms with Crippen LogP contribution in [0.5, 0.6) is 5.75 Å². The number of nitrogens with one attached hydrogen (secondary N) is 2. The Balaban J connectivity index is 1.54. The zero-order valence-electron chi connectivity index (χ0n) is 14.5. The molecule has 0 saturated heterocycles. The average Bonchev–Trinajstić information content (AvgIpc) is 3.03. The van der Waals surface area contributed by atoms with Crippen LogP contribution in [0.4, 0.5) is 5.69 Å². The van der Waals surface area contributed by atoms with Gasteiger partial charge in [0.1, 0.15) is 5.75 Å². The molecular weight excluding hydrogens is 312 g/mol. The highest BCUT2D eigenvalue weighted by Gasteiger charge is 2.09. The molecule has 0 fully saturated rings. The molecule has 25 heavy (non-hydrogen) atoms. The van der Waals surface area contributed by atoms with Crippen molar-refractivity contribution in [2.24, 2.45) is 0 Å². The summed E-state index contributed by atoms with van der Waals surface area (Å²) >= 11 is 0. The fraction of sp³-hybridized carbons (Fsp3) is 0.286. The molecule has 0 atom stereocenters. The Hall–Kier alpha value is -2.75. The van der Waals surface area contributed by atoms with Crippen molar-refractivity contribution in [2.45, 2.75) is 32.6 Å². The third-order valence-electron chi connectivity index (χ3n) is 4.18. The van der Waals surface area contributed by atoms with Gasteiger partial charge in [-0.15, -0.1) is 0 Å². The fourth-order valence-electron chi connectivity index (χ4n) is 2.83. The highest BCUT2D eigenvalue weighted by Crippen LogP contribution is 2.20. The summed E-state index contributed by atoms with van der Waals surface area (Å²) < 4.78 is 5.68. The van der Waals surface area contributed by atoms with Crippen LogP contribution in [-0.2, 0) is 11.2 Å². The topological polar surface area (TPSA) is 54.1 Å². The second-order valence-electron chi connectivity index (χ2n) is 6.16. The lowest BCUT2D eigenvalue weighted by Gasteiger charge is -2.08. The number of aromatic nitrogens is 1. The highest BCUT2D eigenvalue weighted by atomic mass is 16.5. The van der Waals surface area contributed by atoms with Crippen molar-refractivity contribution in [1.82, 2.24) is 4.98 Å². The summed E-state index contributed by atoms with van der Waals surface area (Å²) in [6, 6.07) is 15.5. The predicted molar refractivity (Wildman–Crippen MR) is 102 cm³/mol. The standard InChI is InChI=1S/C21H24N2O2/c1-2-3-6-13-25-18-11-9-17(10-12-18)23-21(24)14-16-15-22-20-8-5-4-7-19(16)20/h4-5,7-12,15,22H,2-3,6,13-14H2,1H3,(H,23,24). The molecule has 3 aromatic rings. The Kier molecular flexibility index (Phi) is 5.73. The number of ether oxygens (including phenoxy) is 1. The number of hydrogen-bond donors (Lipinski definition) is 2. The number of carbonyl (C=O) groups excluding carboxylic acids is 1. The SMILES string of the molecule is CCCCCOc1ccc(NC(=O)Cc2c[nH]c3ccccc23)cc1. The zero-order chi connectivity index (χ0) is 17.5. The molecule has 1 heterocycles. The van der Waals surface area contributed by atoms with E-state index in [0.29, 0.717) is 6.42 Å². The third kappa shape index (κ3) is 4.63. The van der Waals surface area contributed by atoms with E-state index >= 15 is 0 Å². The molecule has 2 aromatic carbocycles. The van der Waals surface area contributed by atoms with E-state index in [2.05, 4.69) is 17.2 Å². The van der Waals surface area contributed by atoms with Crippen molar-refractivity contribution in [3.05, 3.63) is 60.3 Å². The summed E-state index contributed by atoms with van der Waals surface area (Å²) in [6.07, 6.45) is 5.68. The number of hydrogen-bond acceptors (Lipinski definition) is 2. The normalized spacial score (nSPS) is 10.8. The van der Waals surface area contributed by atoms with E-state index in [9.17, 15) is 4.79 Å². The number of para-hydroxylation sites is 1. The van der Waals surface area contributed by atoms with Gasteiger partial charge in [0.2, 0.25) is 5.91 Å². The molecule has 4 nitrogen and oxygen atoms in total. The molecule has 4 heteroatoms. The molecule has 1 amide bonds. The van der Waals surface area contributed by atoms with Crippen LogP contribution in [0.15, 0.2) is 54.7 Å². The van der Waals surface area contributed by atoms with Crippen LogP contribution >= 0.6 is 0 Å². The number of rotatable bonds is 8. The van der Waals surface area contributed by atoms with Crippen molar-refractivity contribution in [1.29, 1.82) is 0 Å². The van der Waals surface area contributed by atoms with Crippen molar-refractivity contribution in [3.63, 3.8) is 0 Å². The Labute approximate surface area is 148 Å². The maximum Gasteiger partial charge on any atom is 0.228 e.